The van der Waals surface area contributed by atoms with Gasteiger partial charge < -0.3 is 10.2 Å². The highest BCUT2D eigenvalue weighted by molar-refractivity contribution is 4.70. The molecule has 0 bridgehead atoms. The van der Waals surface area contributed by atoms with Crippen molar-refractivity contribution in [2.45, 2.75) is 32.0 Å². The van der Waals surface area contributed by atoms with Gasteiger partial charge in [0.25, 0.3) is 0 Å². The maximum atomic E-state index is 12.0. The lowest BCUT2D eigenvalue weighted by molar-refractivity contribution is -0.208. The van der Waals surface area contributed by atoms with Gasteiger partial charge in [-0.05, 0) is 13.0 Å². The molecule has 0 aliphatic heterocycles. The lowest BCUT2D eigenvalue weighted by Gasteiger charge is -2.25. The van der Waals surface area contributed by atoms with E-state index in [9.17, 15) is 13.2 Å². The molecule has 0 rings (SSSR count). The van der Waals surface area contributed by atoms with E-state index in [0.717, 1.165) is 12.8 Å². The Morgan fingerprint density at radius 3 is 2.27 bits per heavy atom. The average molecular weight is 229 g/mol. The first-order valence-electron chi connectivity index (χ1n) is 4.99. The molecule has 0 radical (unpaired) electrons. The van der Waals surface area contributed by atoms with Crippen molar-refractivity contribution in [2.75, 3.05) is 26.2 Å². The van der Waals surface area contributed by atoms with Gasteiger partial charge in [-0.1, -0.05) is 13.3 Å². The summed E-state index contributed by atoms with van der Waals surface area (Å²) in [5, 5.41) is 17.5. The molecule has 0 aromatic carbocycles. The van der Waals surface area contributed by atoms with Crippen molar-refractivity contribution in [1.82, 2.24) is 4.90 Å². The van der Waals surface area contributed by atoms with Gasteiger partial charge in [0.05, 0.1) is 6.61 Å². The largest absolute Gasteiger partial charge is 0.415 e. The average Bonchev–Trinajstić information content (AvgIpc) is 2.13. The number of aliphatic hydroxyl groups is 2. The Morgan fingerprint density at radius 2 is 1.87 bits per heavy atom. The minimum absolute atomic E-state index is 0.160. The van der Waals surface area contributed by atoms with Gasteiger partial charge in [-0.2, -0.15) is 13.2 Å². The van der Waals surface area contributed by atoms with E-state index in [4.69, 9.17) is 10.2 Å². The SMILES string of the molecule is CCCCN(CCO)CC(O)C(F)(F)F. The molecule has 0 aliphatic rings. The predicted octanol–water partition coefficient (Wildman–Crippen LogP) is 1.00. The molecule has 0 fully saturated rings. The van der Waals surface area contributed by atoms with E-state index in [1.54, 1.807) is 0 Å². The van der Waals surface area contributed by atoms with Crippen LogP contribution in [0.15, 0.2) is 0 Å². The summed E-state index contributed by atoms with van der Waals surface area (Å²) in [6.07, 6.45) is -5.30. The number of aliphatic hydroxyl groups excluding tert-OH is 2. The lowest BCUT2D eigenvalue weighted by Crippen LogP contribution is -2.42. The van der Waals surface area contributed by atoms with Gasteiger partial charge in [0.2, 0.25) is 0 Å². The van der Waals surface area contributed by atoms with Crippen molar-refractivity contribution in [3.05, 3.63) is 0 Å². The molecule has 0 saturated heterocycles. The van der Waals surface area contributed by atoms with Gasteiger partial charge in [0, 0.05) is 13.1 Å². The smallest absolute Gasteiger partial charge is 0.395 e. The van der Waals surface area contributed by atoms with E-state index in [2.05, 4.69) is 0 Å². The molecule has 1 atom stereocenters. The van der Waals surface area contributed by atoms with Crippen LogP contribution >= 0.6 is 0 Å². The molecular weight excluding hydrogens is 211 g/mol. The van der Waals surface area contributed by atoms with E-state index in [1.807, 2.05) is 6.92 Å². The summed E-state index contributed by atoms with van der Waals surface area (Å²) in [6.45, 7) is 1.88. The zero-order chi connectivity index (χ0) is 11.9. The predicted molar refractivity (Wildman–Crippen MR) is 50.5 cm³/mol. The van der Waals surface area contributed by atoms with E-state index in [1.165, 1.54) is 4.90 Å². The third-order valence-electron chi connectivity index (χ3n) is 2.05. The second kappa shape index (κ2) is 7.03. The third kappa shape index (κ3) is 6.70. The van der Waals surface area contributed by atoms with Crippen LogP contribution in [0.1, 0.15) is 19.8 Å². The zero-order valence-corrected chi connectivity index (χ0v) is 8.80. The summed E-state index contributed by atoms with van der Waals surface area (Å²) in [7, 11) is 0. The molecule has 0 amide bonds. The third-order valence-corrected chi connectivity index (χ3v) is 2.05. The van der Waals surface area contributed by atoms with Gasteiger partial charge in [-0.15, -0.1) is 0 Å². The number of unbranched alkanes of at least 4 members (excludes halogenated alkanes) is 1. The molecule has 2 N–H and O–H groups in total. The maximum absolute atomic E-state index is 12.0. The highest BCUT2D eigenvalue weighted by Crippen LogP contribution is 2.20. The summed E-state index contributed by atoms with van der Waals surface area (Å²) in [4.78, 5) is 1.42. The highest BCUT2D eigenvalue weighted by Gasteiger charge is 2.38. The van der Waals surface area contributed by atoms with Crippen LogP contribution < -0.4 is 0 Å². The monoisotopic (exact) mass is 229 g/mol. The summed E-state index contributed by atoms with van der Waals surface area (Å²) in [5.74, 6) is 0. The minimum atomic E-state index is -4.58. The molecule has 3 nitrogen and oxygen atoms in total. The fourth-order valence-electron chi connectivity index (χ4n) is 1.17. The van der Waals surface area contributed by atoms with E-state index in [-0.39, 0.29) is 13.2 Å². The van der Waals surface area contributed by atoms with Crippen LogP contribution in [0.25, 0.3) is 0 Å². The van der Waals surface area contributed by atoms with Crippen molar-refractivity contribution in [3.63, 3.8) is 0 Å². The van der Waals surface area contributed by atoms with Crippen LogP contribution in [0.3, 0.4) is 0 Å². The van der Waals surface area contributed by atoms with Crippen LogP contribution in [-0.2, 0) is 0 Å². The molecule has 0 aromatic rings. The quantitative estimate of drug-likeness (QED) is 0.684. The van der Waals surface area contributed by atoms with Crippen LogP contribution in [-0.4, -0.2) is 53.6 Å². The van der Waals surface area contributed by atoms with Gasteiger partial charge in [0.15, 0.2) is 6.10 Å². The van der Waals surface area contributed by atoms with Gasteiger partial charge in [-0.25, -0.2) is 0 Å². The van der Waals surface area contributed by atoms with Gasteiger partial charge >= 0.3 is 6.18 Å². The summed E-state index contributed by atoms with van der Waals surface area (Å²) in [6, 6.07) is 0. The number of alkyl halides is 3. The molecular formula is C9H18F3NO2. The van der Waals surface area contributed by atoms with Crippen LogP contribution in [0.4, 0.5) is 13.2 Å². The van der Waals surface area contributed by atoms with Crippen LogP contribution in [0.2, 0.25) is 0 Å². The second-order valence-electron chi connectivity index (χ2n) is 3.44. The fraction of sp³-hybridized carbons (Fsp3) is 1.00. The molecule has 0 aromatic heterocycles. The molecule has 15 heavy (non-hydrogen) atoms. The van der Waals surface area contributed by atoms with Crippen molar-refractivity contribution >= 4 is 0 Å². The zero-order valence-electron chi connectivity index (χ0n) is 8.80. The fourth-order valence-corrected chi connectivity index (χ4v) is 1.17. The Hall–Kier alpha value is -0.330. The topological polar surface area (TPSA) is 43.7 Å². The maximum Gasteiger partial charge on any atom is 0.415 e. The van der Waals surface area contributed by atoms with E-state index in [0.29, 0.717) is 6.54 Å². The van der Waals surface area contributed by atoms with E-state index >= 15 is 0 Å². The summed E-state index contributed by atoms with van der Waals surface area (Å²) >= 11 is 0. The van der Waals surface area contributed by atoms with Gasteiger partial charge in [-0.3, -0.25) is 4.90 Å². The first-order valence-corrected chi connectivity index (χ1v) is 4.99. The molecule has 92 valence electrons. The molecule has 6 heteroatoms. The molecule has 0 heterocycles. The van der Waals surface area contributed by atoms with E-state index < -0.39 is 18.8 Å². The molecule has 0 spiro atoms. The minimum Gasteiger partial charge on any atom is -0.395 e. The lowest BCUT2D eigenvalue weighted by atomic mass is 10.2. The number of nitrogens with zero attached hydrogens (tertiary/aromatic N) is 1. The van der Waals surface area contributed by atoms with Crippen molar-refractivity contribution in [1.29, 1.82) is 0 Å². The molecule has 0 saturated carbocycles. The molecule has 0 aliphatic carbocycles. The van der Waals surface area contributed by atoms with Crippen LogP contribution in [0, 0.1) is 0 Å². The highest BCUT2D eigenvalue weighted by atomic mass is 19.4. The van der Waals surface area contributed by atoms with Crippen molar-refractivity contribution in [2.24, 2.45) is 0 Å². The standard InChI is InChI=1S/C9H18F3NO2/c1-2-3-4-13(5-6-14)7-8(15)9(10,11)12/h8,14-15H,2-7H2,1H3. The Balaban J connectivity index is 4.03. The summed E-state index contributed by atoms with van der Waals surface area (Å²) < 4.78 is 36.1. The van der Waals surface area contributed by atoms with Crippen molar-refractivity contribution in [3.8, 4) is 0 Å². The second-order valence-corrected chi connectivity index (χ2v) is 3.44. The summed E-state index contributed by atoms with van der Waals surface area (Å²) in [5.41, 5.74) is 0. The Bertz CT molecular complexity index is 164. The van der Waals surface area contributed by atoms with Crippen molar-refractivity contribution < 1.29 is 23.4 Å². The number of halogens is 3. The normalized spacial score (nSPS) is 14.6. The van der Waals surface area contributed by atoms with Gasteiger partial charge in [0.1, 0.15) is 0 Å². The first kappa shape index (κ1) is 14.7. The number of rotatable bonds is 7. The van der Waals surface area contributed by atoms with Crippen LogP contribution in [0.5, 0.6) is 0 Å². The molecule has 1 unspecified atom stereocenters. The Morgan fingerprint density at radius 1 is 1.27 bits per heavy atom. The number of hydrogen-bond donors (Lipinski definition) is 2. The Kier molecular flexibility index (Phi) is 6.87. The number of hydrogen-bond acceptors (Lipinski definition) is 3. The first-order chi connectivity index (χ1) is 6.91. The Labute approximate surface area is 87.5 Å².